The molecule has 2 aromatic heterocycles. The minimum Gasteiger partial charge on any atom is -0.378 e. The monoisotopic (exact) mass is 481 g/mol. The smallest absolute Gasteiger partial charge is 0.235 e. The number of amides is 1. The highest BCUT2D eigenvalue weighted by Crippen LogP contribution is 2.65. The number of aromatic nitrogens is 3. The SMILES string of the molecule is O=C1Nc2ccc(F)cc2[C@]12C[C@H]2c1ccc2c(C=Cc3ccc(N4CCOCC4)nc3)n[nH]c2c1. The van der Waals surface area contributed by atoms with Gasteiger partial charge in [0.1, 0.15) is 11.6 Å². The summed E-state index contributed by atoms with van der Waals surface area (Å²) in [5.41, 5.74) is 4.60. The van der Waals surface area contributed by atoms with Crippen molar-refractivity contribution < 1.29 is 13.9 Å². The number of pyridine rings is 1. The van der Waals surface area contributed by atoms with Crippen LogP contribution in [0.25, 0.3) is 23.1 Å². The van der Waals surface area contributed by atoms with Crippen molar-refractivity contribution in [2.45, 2.75) is 17.8 Å². The molecule has 1 saturated carbocycles. The number of nitrogens with one attached hydrogen (secondary N) is 2. The van der Waals surface area contributed by atoms with Crippen LogP contribution >= 0.6 is 0 Å². The molecule has 0 bridgehead atoms. The van der Waals surface area contributed by atoms with E-state index >= 15 is 0 Å². The molecule has 7 rings (SSSR count). The fourth-order valence-electron chi connectivity index (χ4n) is 5.62. The van der Waals surface area contributed by atoms with Crippen molar-refractivity contribution in [2.24, 2.45) is 0 Å². The van der Waals surface area contributed by atoms with Crippen LogP contribution in [0.15, 0.2) is 54.7 Å². The minimum absolute atomic E-state index is 0.0169. The molecule has 4 aromatic rings. The van der Waals surface area contributed by atoms with E-state index in [0.717, 1.165) is 65.4 Å². The second-order valence-electron chi connectivity index (χ2n) is 9.67. The third-order valence-corrected chi connectivity index (χ3v) is 7.63. The molecule has 36 heavy (non-hydrogen) atoms. The Morgan fingerprint density at radius 1 is 1.08 bits per heavy atom. The van der Waals surface area contributed by atoms with Crippen molar-refractivity contribution in [2.75, 3.05) is 36.5 Å². The summed E-state index contributed by atoms with van der Waals surface area (Å²) < 4.78 is 19.3. The molecular weight excluding hydrogens is 457 g/mol. The normalized spacial score (nSPS) is 23.0. The van der Waals surface area contributed by atoms with Gasteiger partial charge >= 0.3 is 0 Å². The van der Waals surface area contributed by atoms with Gasteiger partial charge in [0, 0.05) is 36.3 Å². The molecule has 2 aromatic carbocycles. The van der Waals surface area contributed by atoms with Crippen LogP contribution in [0.1, 0.15) is 34.7 Å². The number of hydrogen-bond donors (Lipinski definition) is 2. The van der Waals surface area contributed by atoms with Crippen LogP contribution in [0.2, 0.25) is 0 Å². The lowest BCUT2D eigenvalue weighted by atomic mass is 9.91. The van der Waals surface area contributed by atoms with E-state index in [4.69, 9.17) is 4.74 Å². The number of morpholine rings is 1. The lowest BCUT2D eigenvalue weighted by Crippen LogP contribution is -2.36. The molecule has 4 heterocycles. The fraction of sp³-hybridized carbons (Fsp3) is 0.250. The highest BCUT2D eigenvalue weighted by atomic mass is 19.1. The Kier molecular flexibility index (Phi) is 4.72. The topological polar surface area (TPSA) is 83.1 Å². The van der Waals surface area contributed by atoms with Crippen LogP contribution in [-0.2, 0) is 14.9 Å². The number of H-pyrrole nitrogens is 1. The van der Waals surface area contributed by atoms with Crippen molar-refractivity contribution in [1.29, 1.82) is 0 Å². The Bertz CT molecular complexity index is 1520. The van der Waals surface area contributed by atoms with Crippen molar-refractivity contribution >= 4 is 40.5 Å². The summed E-state index contributed by atoms with van der Waals surface area (Å²) in [7, 11) is 0. The van der Waals surface area contributed by atoms with Crippen LogP contribution in [0, 0.1) is 5.82 Å². The van der Waals surface area contributed by atoms with Crippen molar-refractivity contribution in [3.63, 3.8) is 0 Å². The van der Waals surface area contributed by atoms with E-state index < -0.39 is 5.41 Å². The molecule has 2 fully saturated rings. The molecule has 2 N–H and O–H groups in total. The minimum atomic E-state index is -0.672. The largest absolute Gasteiger partial charge is 0.378 e. The summed E-state index contributed by atoms with van der Waals surface area (Å²) in [6, 6.07) is 14.8. The fourth-order valence-corrected chi connectivity index (χ4v) is 5.62. The molecule has 0 radical (unpaired) electrons. The molecular formula is C28H24FN5O2. The first-order valence-electron chi connectivity index (χ1n) is 12.2. The number of fused-ring (bicyclic) bond motifs is 3. The Morgan fingerprint density at radius 3 is 2.81 bits per heavy atom. The molecule has 7 nitrogen and oxygen atoms in total. The first-order chi connectivity index (χ1) is 17.6. The summed E-state index contributed by atoms with van der Waals surface area (Å²) in [5, 5.41) is 11.5. The second-order valence-corrected chi connectivity index (χ2v) is 9.67. The number of rotatable bonds is 4. The average Bonchev–Trinajstić information content (AvgIpc) is 3.46. The number of halogens is 1. The van der Waals surface area contributed by atoms with E-state index in [2.05, 4.69) is 43.6 Å². The van der Waals surface area contributed by atoms with Gasteiger partial charge in [-0.1, -0.05) is 18.2 Å². The predicted octanol–water partition coefficient (Wildman–Crippen LogP) is 4.48. The molecule has 180 valence electrons. The average molecular weight is 482 g/mol. The van der Waals surface area contributed by atoms with Gasteiger partial charge in [0.25, 0.3) is 0 Å². The second kappa shape index (κ2) is 7.99. The Morgan fingerprint density at radius 2 is 1.97 bits per heavy atom. The molecule has 8 heteroatoms. The zero-order valence-electron chi connectivity index (χ0n) is 19.5. The van der Waals surface area contributed by atoms with Gasteiger partial charge in [-0.2, -0.15) is 5.10 Å². The lowest BCUT2D eigenvalue weighted by molar-refractivity contribution is -0.118. The van der Waals surface area contributed by atoms with E-state index in [9.17, 15) is 9.18 Å². The maximum absolute atomic E-state index is 13.9. The highest BCUT2D eigenvalue weighted by Gasteiger charge is 2.65. The van der Waals surface area contributed by atoms with Gasteiger partial charge in [0.2, 0.25) is 5.91 Å². The predicted molar refractivity (Wildman–Crippen MR) is 136 cm³/mol. The molecule has 0 unspecified atom stereocenters. The number of ether oxygens (including phenoxy) is 1. The number of anilines is 2. The Hall–Kier alpha value is -4.04. The summed E-state index contributed by atoms with van der Waals surface area (Å²) in [5.74, 6) is 0.618. The summed E-state index contributed by atoms with van der Waals surface area (Å²) >= 11 is 0. The quantitative estimate of drug-likeness (QED) is 0.449. The number of aromatic amines is 1. The van der Waals surface area contributed by atoms with Gasteiger partial charge in [0.15, 0.2) is 0 Å². The number of benzene rings is 2. The van der Waals surface area contributed by atoms with E-state index in [1.807, 2.05) is 30.5 Å². The molecule has 2 aliphatic heterocycles. The van der Waals surface area contributed by atoms with Gasteiger partial charge in [-0.05, 0) is 65.6 Å². The Balaban J connectivity index is 1.11. The van der Waals surface area contributed by atoms with Crippen molar-refractivity contribution in [3.8, 4) is 0 Å². The van der Waals surface area contributed by atoms with E-state index in [1.54, 1.807) is 6.07 Å². The first kappa shape index (κ1) is 21.3. The van der Waals surface area contributed by atoms with Crippen LogP contribution in [0.3, 0.4) is 0 Å². The summed E-state index contributed by atoms with van der Waals surface area (Å²) in [6.07, 6.45) is 6.53. The molecule has 2 atom stereocenters. The van der Waals surface area contributed by atoms with Gasteiger partial charge in [-0.15, -0.1) is 0 Å². The van der Waals surface area contributed by atoms with Gasteiger partial charge < -0.3 is 15.0 Å². The molecule has 1 saturated heterocycles. The number of carbonyl (C=O) groups is 1. The zero-order chi connectivity index (χ0) is 24.3. The maximum atomic E-state index is 13.9. The number of nitrogens with zero attached hydrogens (tertiary/aromatic N) is 3. The van der Waals surface area contributed by atoms with Crippen LogP contribution in [0.4, 0.5) is 15.9 Å². The third kappa shape index (κ3) is 3.32. The van der Waals surface area contributed by atoms with Crippen LogP contribution < -0.4 is 10.2 Å². The first-order valence-corrected chi connectivity index (χ1v) is 12.2. The van der Waals surface area contributed by atoms with E-state index in [1.165, 1.54) is 12.1 Å². The van der Waals surface area contributed by atoms with E-state index in [-0.39, 0.29) is 17.6 Å². The summed E-state index contributed by atoms with van der Waals surface area (Å²) in [6.45, 7) is 3.19. The highest BCUT2D eigenvalue weighted by molar-refractivity contribution is 6.10. The summed E-state index contributed by atoms with van der Waals surface area (Å²) in [4.78, 5) is 19.7. The number of hydrogen-bond acceptors (Lipinski definition) is 5. The Labute approximate surface area is 207 Å². The van der Waals surface area contributed by atoms with Gasteiger partial charge in [-0.3, -0.25) is 9.89 Å². The third-order valence-electron chi connectivity index (χ3n) is 7.63. The van der Waals surface area contributed by atoms with Crippen molar-refractivity contribution in [1.82, 2.24) is 15.2 Å². The zero-order valence-corrected chi connectivity index (χ0v) is 19.5. The van der Waals surface area contributed by atoms with Gasteiger partial charge in [0.05, 0.1) is 29.8 Å². The number of carbonyl (C=O) groups excluding carboxylic acids is 1. The molecule has 3 aliphatic rings. The molecule has 1 spiro atoms. The van der Waals surface area contributed by atoms with Gasteiger partial charge in [-0.25, -0.2) is 9.37 Å². The molecule has 1 aliphatic carbocycles. The maximum Gasteiger partial charge on any atom is 0.235 e. The van der Waals surface area contributed by atoms with Crippen LogP contribution in [0.5, 0.6) is 0 Å². The molecule has 1 amide bonds. The van der Waals surface area contributed by atoms with Crippen molar-refractivity contribution in [3.05, 3.63) is 82.9 Å². The van der Waals surface area contributed by atoms with Crippen LogP contribution in [-0.4, -0.2) is 47.4 Å². The lowest BCUT2D eigenvalue weighted by Gasteiger charge is -2.27. The van der Waals surface area contributed by atoms with E-state index in [0.29, 0.717) is 12.1 Å². The standard InChI is InChI=1S/C28H24FN5O2/c29-19-4-7-24-21(14-19)28(27(35)31-24)15-22(28)18-3-5-20-23(32-33-25(20)13-18)6-1-17-2-8-26(30-16-17)34-9-11-36-12-10-34/h1-8,13-14,16,22H,9-12,15H2,(H,31,35)(H,32,33)/t22-,28-/m0/s1.